The van der Waals surface area contributed by atoms with Crippen molar-refractivity contribution in [2.75, 3.05) is 6.61 Å². The van der Waals surface area contributed by atoms with Crippen LogP contribution in [-0.2, 0) is 6.42 Å². The van der Waals surface area contributed by atoms with Gasteiger partial charge in [0.1, 0.15) is 5.75 Å². The summed E-state index contributed by atoms with van der Waals surface area (Å²) in [5, 5.41) is 0. The van der Waals surface area contributed by atoms with Crippen molar-refractivity contribution < 1.29 is 4.74 Å². The lowest BCUT2D eigenvalue weighted by Gasteiger charge is -2.08. The molecule has 0 saturated carbocycles. The summed E-state index contributed by atoms with van der Waals surface area (Å²) in [6.07, 6.45) is 19.2. The van der Waals surface area contributed by atoms with Gasteiger partial charge in [0.05, 0.1) is 6.61 Å². The normalized spacial score (nSPS) is 12.0. The molecule has 0 N–H and O–H groups in total. The van der Waals surface area contributed by atoms with E-state index < -0.39 is 0 Å². The van der Waals surface area contributed by atoms with Gasteiger partial charge in [-0.25, -0.2) is 9.97 Å². The molecule has 3 rings (SSSR count). The zero-order valence-electron chi connectivity index (χ0n) is 22.8. The first-order chi connectivity index (χ1) is 17.7. The Morgan fingerprint density at radius 3 is 1.92 bits per heavy atom. The fraction of sp³-hybridized carbons (Fsp3) is 0.515. The second-order valence-electron chi connectivity index (χ2n) is 10.2. The second-order valence-corrected chi connectivity index (χ2v) is 10.2. The molecule has 0 amide bonds. The Morgan fingerprint density at radius 2 is 1.25 bits per heavy atom. The molecule has 1 atom stereocenters. The van der Waals surface area contributed by atoms with Crippen LogP contribution < -0.4 is 4.74 Å². The minimum absolute atomic E-state index is 0.792. The lowest BCUT2D eigenvalue weighted by Crippen LogP contribution is -1.97. The fourth-order valence-electron chi connectivity index (χ4n) is 4.46. The Balaban J connectivity index is 1.43. The van der Waals surface area contributed by atoms with Crippen molar-refractivity contribution >= 4 is 0 Å². The highest BCUT2D eigenvalue weighted by Crippen LogP contribution is 2.25. The standard InChI is InChI=1S/C33H46N2O/c1-4-6-7-8-9-13-24-36-32-22-20-30(21-23-32)29-16-18-31(19-17-29)33-34-25-28(26-35-33)15-12-10-11-14-27(3)5-2/h16-23,25-27H,4-15,24H2,1-3H3/t27-/m1/s1. The molecule has 0 unspecified atom stereocenters. The van der Waals surface area contributed by atoms with Crippen molar-refractivity contribution in [2.24, 2.45) is 5.92 Å². The average molecular weight is 487 g/mol. The van der Waals surface area contributed by atoms with E-state index in [1.165, 1.54) is 80.9 Å². The van der Waals surface area contributed by atoms with Crippen molar-refractivity contribution in [3.05, 3.63) is 66.5 Å². The van der Waals surface area contributed by atoms with Crippen LogP contribution in [0.25, 0.3) is 22.5 Å². The van der Waals surface area contributed by atoms with Crippen molar-refractivity contribution in [1.29, 1.82) is 0 Å². The van der Waals surface area contributed by atoms with Crippen molar-refractivity contribution in [3.8, 4) is 28.3 Å². The molecule has 194 valence electrons. The van der Waals surface area contributed by atoms with Gasteiger partial charge >= 0.3 is 0 Å². The maximum Gasteiger partial charge on any atom is 0.159 e. The SMILES string of the molecule is CCCCCCCCOc1ccc(-c2ccc(-c3ncc(CCCCC[C@H](C)CC)cn3)cc2)cc1. The van der Waals surface area contributed by atoms with E-state index in [0.29, 0.717) is 0 Å². The van der Waals surface area contributed by atoms with Gasteiger partial charge in [0.25, 0.3) is 0 Å². The van der Waals surface area contributed by atoms with Crippen LogP contribution in [0.4, 0.5) is 0 Å². The van der Waals surface area contributed by atoms with Crippen LogP contribution in [0.15, 0.2) is 60.9 Å². The zero-order valence-corrected chi connectivity index (χ0v) is 22.8. The van der Waals surface area contributed by atoms with Crippen LogP contribution in [0.1, 0.15) is 97.0 Å². The topological polar surface area (TPSA) is 35.0 Å². The molecule has 2 aromatic carbocycles. The summed E-state index contributed by atoms with van der Waals surface area (Å²) in [4.78, 5) is 9.26. The minimum Gasteiger partial charge on any atom is -0.494 e. The average Bonchev–Trinajstić information content (AvgIpc) is 2.93. The lowest BCUT2D eigenvalue weighted by atomic mass is 10.00. The van der Waals surface area contributed by atoms with Crippen LogP contribution in [0.2, 0.25) is 0 Å². The second kappa shape index (κ2) is 16.1. The van der Waals surface area contributed by atoms with Gasteiger partial charge in [0, 0.05) is 18.0 Å². The number of hydrogen-bond acceptors (Lipinski definition) is 3. The monoisotopic (exact) mass is 486 g/mol. The molecule has 36 heavy (non-hydrogen) atoms. The first-order valence-electron chi connectivity index (χ1n) is 14.3. The first-order valence-corrected chi connectivity index (χ1v) is 14.3. The van der Waals surface area contributed by atoms with E-state index in [1.54, 1.807) is 0 Å². The number of aryl methyl sites for hydroxylation is 1. The smallest absolute Gasteiger partial charge is 0.159 e. The number of nitrogens with zero attached hydrogens (tertiary/aromatic N) is 2. The van der Waals surface area contributed by atoms with E-state index >= 15 is 0 Å². The van der Waals surface area contributed by atoms with Gasteiger partial charge in [0.15, 0.2) is 5.82 Å². The summed E-state index contributed by atoms with van der Waals surface area (Å²) < 4.78 is 5.92. The molecular formula is C33H46N2O. The molecule has 3 nitrogen and oxygen atoms in total. The molecule has 0 saturated heterocycles. The summed E-state index contributed by atoms with van der Waals surface area (Å²) in [6, 6.07) is 17.0. The predicted molar refractivity (Wildman–Crippen MR) is 153 cm³/mol. The summed E-state index contributed by atoms with van der Waals surface area (Å²) in [6.45, 7) is 7.69. The van der Waals surface area contributed by atoms with Crippen LogP contribution >= 0.6 is 0 Å². The highest BCUT2D eigenvalue weighted by molar-refractivity contribution is 5.68. The third-order valence-electron chi connectivity index (χ3n) is 7.16. The molecule has 0 radical (unpaired) electrons. The molecule has 0 aliphatic heterocycles. The van der Waals surface area contributed by atoms with E-state index in [-0.39, 0.29) is 0 Å². The van der Waals surface area contributed by atoms with Gasteiger partial charge in [-0.15, -0.1) is 0 Å². The third kappa shape index (κ3) is 9.76. The van der Waals surface area contributed by atoms with Crippen molar-refractivity contribution in [2.45, 2.75) is 97.8 Å². The summed E-state index contributed by atoms with van der Waals surface area (Å²) >= 11 is 0. The van der Waals surface area contributed by atoms with Gasteiger partial charge in [-0.2, -0.15) is 0 Å². The quantitative estimate of drug-likeness (QED) is 0.178. The maximum atomic E-state index is 5.92. The number of hydrogen-bond donors (Lipinski definition) is 0. The highest BCUT2D eigenvalue weighted by atomic mass is 16.5. The number of aromatic nitrogens is 2. The predicted octanol–water partition coefficient (Wildman–Crippen LogP) is 9.70. The first kappa shape index (κ1) is 27.9. The van der Waals surface area contributed by atoms with Gasteiger partial charge in [-0.05, 0) is 54.0 Å². The van der Waals surface area contributed by atoms with E-state index in [1.807, 2.05) is 12.4 Å². The molecule has 0 aliphatic rings. The van der Waals surface area contributed by atoms with Gasteiger partial charge in [-0.3, -0.25) is 0 Å². The maximum absolute atomic E-state index is 5.92. The number of ether oxygens (including phenoxy) is 1. The van der Waals surface area contributed by atoms with Crippen LogP contribution in [0.3, 0.4) is 0 Å². The highest BCUT2D eigenvalue weighted by Gasteiger charge is 2.05. The molecular weight excluding hydrogens is 440 g/mol. The van der Waals surface area contributed by atoms with Gasteiger partial charge < -0.3 is 4.74 Å². The Morgan fingerprint density at radius 1 is 0.667 bits per heavy atom. The Kier molecular flexibility index (Phi) is 12.5. The Bertz CT molecular complexity index is 964. The molecule has 1 heterocycles. The molecule has 3 aromatic rings. The van der Waals surface area contributed by atoms with E-state index in [2.05, 4.69) is 79.3 Å². The van der Waals surface area contributed by atoms with E-state index in [9.17, 15) is 0 Å². The fourth-order valence-corrected chi connectivity index (χ4v) is 4.46. The Hall–Kier alpha value is -2.68. The third-order valence-corrected chi connectivity index (χ3v) is 7.16. The summed E-state index contributed by atoms with van der Waals surface area (Å²) in [5.41, 5.74) is 4.67. The van der Waals surface area contributed by atoms with E-state index in [4.69, 9.17) is 4.74 Å². The zero-order chi connectivity index (χ0) is 25.4. The van der Waals surface area contributed by atoms with Crippen molar-refractivity contribution in [3.63, 3.8) is 0 Å². The number of unbranched alkanes of at least 4 members (excludes halogenated alkanes) is 7. The number of rotatable bonds is 17. The summed E-state index contributed by atoms with van der Waals surface area (Å²) in [7, 11) is 0. The Labute approximate surface area is 219 Å². The molecule has 0 fully saturated rings. The van der Waals surface area contributed by atoms with Gasteiger partial charge in [-0.1, -0.05) is 115 Å². The lowest BCUT2D eigenvalue weighted by molar-refractivity contribution is 0.304. The van der Waals surface area contributed by atoms with Crippen LogP contribution in [0, 0.1) is 5.92 Å². The summed E-state index contributed by atoms with van der Waals surface area (Å²) in [5.74, 6) is 2.60. The van der Waals surface area contributed by atoms with Crippen LogP contribution in [-0.4, -0.2) is 16.6 Å². The minimum atomic E-state index is 0.792. The van der Waals surface area contributed by atoms with E-state index in [0.717, 1.165) is 42.5 Å². The molecule has 0 aliphatic carbocycles. The molecule has 0 spiro atoms. The largest absolute Gasteiger partial charge is 0.494 e. The molecule has 1 aromatic heterocycles. The molecule has 3 heteroatoms. The van der Waals surface area contributed by atoms with Gasteiger partial charge in [0.2, 0.25) is 0 Å². The molecule has 0 bridgehead atoms. The van der Waals surface area contributed by atoms with Crippen LogP contribution in [0.5, 0.6) is 5.75 Å². The van der Waals surface area contributed by atoms with Crippen molar-refractivity contribution in [1.82, 2.24) is 9.97 Å². The number of benzene rings is 2.